The summed E-state index contributed by atoms with van der Waals surface area (Å²) >= 11 is 0. The maximum absolute atomic E-state index is 9.37. The molecule has 0 spiro atoms. The fraction of sp³-hybridized carbons (Fsp3) is 0. The zero-order valence-electron chi connectivity index (χ0n) is 13.1. The van der Waals surface area contributed by atoms with E-state index in [0.717, 1.165) is 21.5 Å². The van der Waals surface area contributed by atoms with Gasteiger partial charge in [-0.3, -0.25) is 0 Å². The van der Waals surface area contributed by atoms with E-state index >= 15 is 0 Å². The molecule has 0 aliphatic carbocycles. The van der Waals surface area contributed by atoms with Gasteiger partial charge in [0, 0.05) is 10.8 Å². The zero-order chi connectivity index (χ0) is 17.4. The lowest BCUT2D eigenvalue weighted by Crippen LogP contribution is -1.70. The monoisotopic (exact) mass is 318 g/mol. The van der Waals surface area contributed by atoms with Crippen LogP contribution in [0, 0.1) is 0 Å². The van der Waals surface area contributed by atoms with E-state index in [-0.39, 0.29) is 0 Å². The Kier molecular flexibility index (Phi) is 5.92. The lowest BCUT2D eigenvalue weighted by atomic mass is 10.1. The Morgan fingerprint density at radius 2 is 0.833 bits per heavy atom. The largest absolute Gasteiger partial charge is 0.507 e. The van der Waals surface area contributed by atoms with E-state index in [1.807, 2.05) is 79.6 Å². The summed E-state index contributed by atoms with van der Waals surface area (Å²) in [5.41, 5.74) is 0. The summed E-state index contributed by atoms with van der Waals surface area (Å²) in [4.78, 5) is 8.00. The third-order valence-corrected chi connectivity index (χ3v) is 3.53. The highest BCUT2D eigenvalue weighted by Crippen LogP contribution is 2.23. The molecule has 0 amide bonds. The first-order valence-corrected chi connectivity index (χ1v) is 7.38. The number of carbonyl (C=O) groups excluding carboxylic acids is 1. The molecule has 0 aromatic heterocycles. The SMILES string of the molecule is C=O.Oc1cccc2ccccc12.Oc1cccc2ccccc12. The molecule has 2 N–H and O–H groups in total. The maximum atomic E-state index is 9.37. The van der Waals surface area contributed by atoms with Gasteiger partial charge in [0.05, 0.1) is 0 Å². The molecule has 3 nitrogen and oxygen atoms in total. The van der Waals surface area contributed by atoms with Gasteiger partial charge in [0.1, 0.15) is 18.3 Å². The van der Waals surface area contributed by atoms with Crippen LogP contribution in [0.2, 0.25) is 0 Å². The van der Waals surface area contributed by atoms with Crippen LogP contribution >= 0.6 is 0 Å². The van der Waals surface area contributed by atoms with Gasteiger partial charge < -0.3 is 15.0 Å². The smallest absolute Gasteiger partial charge is 0.123 e. The number of rotatable bonds is 0. The van der Waals surface area contributed by atoms with E-state index < -0.39 is 0 Å². The van der Waals surface area contributed by atoms with Crippen LogP contribution in [-0.2, 0) is 4.79 Å². The highest BCUT2D eigenvalue weighted by molar-refractivity contribution is 5.88. The average molecular weight is 318 g/mol. The normalized spacial score (nSPS) is 9.50. The Labute approximate surface area is 140 Å². The zero-order valence-corrected chi connectivity index (χ0v) is 13.1. The number of aromatic hydroxyl groups is 2. The molecule has 0 aliphatic rings. The minimum atomic E-state index is 0.350. The Balaban J connectivity index is 0.000000158. The summed E-state index contributed by atoms with van der Waals surface area (Å²) in [6.07, 6.45) is 0. The van der Waals surface area contributed by atoms with E-state index in [4.69, 9.17) is 4.79 Å². The number of fused-ring (bicyclic) bond motifs is 2. The van der Waals surface area contributed by atoms with E-state index in [9.17, 15) is 10.2 Å². The summed E-state index contributed by atoms with van der Waals surface area (Å²) in [5, 5.41) is 22.7. The minimum Gasteiger partial charge on any atom is -0.507 e. The standard InChI is InChI=1S/2C10H8O.CH2O/c2*11-10-7-3-5-8-4-1-2-6-9(8)10;1-2/h2*1-7,11H;1H2. The van der Waals surface area contributed by atoms with Crippen LogP contribution in [0.4, 0.5) is 0 Å². The van der Waals surface area contributed by atoms with Gasteiger partial charge in [-0.1, -0.05) is 72.8 Å². The van der Waals surface area contributed by atoms with Gasteiger partial charge in [-0.25, -0.2) is 0 Å². The fourth-order valence-corrected chi connectivity index (χ4v) is 2.42. The molecular weight excluding hydrogens is 300 g/mol. The molecule has 0 radical (unpaired) electrons. The summed E-state index contributed by atoms with van der Waals surface area (Å²) in [7, 11) is 0. The highest BCUT2D eigenvalue weighted by atomic mass is 16.3. The van der Waals surface area contributed by atoms with Crippen LogP contribution in [0.3, 0.4) is 0 Å². The van der Waals surface area contributed by atoms with Crippen LogP contribution in [0.1, 0.15) is 0 Å². The van der Waals surface area contributed by atoms with E-state index in [0.29, 0.717) is 11.5 Å². The van der Waals surface area contributed by atoms with Crippen molar-refractivity contribution in [3.63, 3.8) is 0 Å². The minimum absolute atomic E-state index is 0.350. The fourth-order valence-electron chi connectivity index (χ4n) is 2.42. The molecule has 4 rings (SSSR count). The van der Waals surface area contributed by atoms with Gasteiger partial charge in [0.2, 0.25) is 0 Å². The first-order valence-electron chi connectivity index (χ1n) is 7.38. The van der Waals surface area contributed by atoms with E-state index in [1.54, 1.807) is 12.1 Å². The Hall–Kier alpha value is -3.33. The molecule has 0 bridgehead atoms. The van der Waals surface area contributed by atoms with Gasteiger partial charge in [-0.15, -0.1) is 0 Å². The number of benzene rings is 4. The Morgan fingerprint density at radius 1 is 0.500 bits per heavy atom. The second kappa shape index (κ2) is 8.34. The quantitative estimate of drug-likeness (QED) is 0.484. The predicted molar refractivity (Wildman–Crippen MR) is 98.3 cm³/mol. The third kappa shape index (κ3) is 3.90. The second-order valence-corrected chi connectivity index (χ2v) is 5.00. The van der Waals surface area contributed by atoms with Crippen molar-refractivity contribution in [1.29, 1.82) is 0 Å². The van der Waals surface area contributed by atoms with Gasteiger partial charge in [0.25, 0.3) is 0 Å². The predicted octanol–water partition coefficient (Wildman–Crippen LogP) is 4.91. The number of hydrogen-bond donors (Lipinski definition) is 2. The van der Waals surface area contributed by atoms with E-state index in [2.05, 4.69) is 0 Å². The van der Waals surface area contributed by atoms with Crippen LogP contribution in [0.25, 0.3) is 21.5 Å². The second-order valence-electron chi connectivity index (χ2n) is 5.00. The summed E-state index contributed by atoms with van der Waals surface area (Å²) in [6, 6.07) is 26.6. The summed E-state index contributed by atoms with van der Waals surface area (Å²) < 4.78 is 0. The van der Waals surface area contributed by atoms with Crippen molar-refractivity contribution < 1.29 is 15.0 Å². The van der Waals surface area contributed by atoms with Crippen molar-refractivity contribution >= 4 is 28.3 Å². The number of phenolic OH excluding ortho intramolecular Hbond substituents is 2. The summed E-state index contributed by atoms with van der Waals surface area (Å²) in [5.74, 6) is 0.700. The lowest BCUT2D eigenvalue weighted by molar-refractivity contribution is -0.0979. The summed E-state index contributed by atoms with van der Waals surface area (Å²) in [6.45, 7) is 2.00. The molecule has 0 heterocycles. The highest BCUT2D eigenvalue weighted by Gasteiger charge is 1.95. The molecule has 3 heteroatoms. The molecule has 0 fully saturated rings. The van der Waals surface area contributed by atoms with Gasteiger partial charge >= 0.3 is 0 Å². The van der Waals surface area contributed by atoms with Crippen LogP contribution in [0.5, 0.6) is 11.5 Å². The lowest BCUT2D eigenvalue weighted by Gasteiger charge is -1.97. The third-order valence-electron chi connectivity index (χ3n) is 3.53. The number of phenols is 2. The Morgan fingerprint density at radius 3 is 1.21 bits per heavy atom. The molecular formula is C21H18O3. The van der Waals surface area contributed by atoms with Crippen LogP contribution in [0.15, 0.2) is 84.9 Å². The van der Waals surface area contributed by atoms with Crippen molar-refractivity contribution in [3.05, 3.63) is 84.9 Å². The molecule has 0 saturated heterocycles. The molecule has 0 aliphatic heterocycles. The van der Waals surface area contributed by atoms with Gasteiger partial charge in [-0.05, 0) is 22.9 Å². The molecule has 4 aromatic rings. The van der Waals surface area contributed by atoms with Crippen molar-refractivity contribution in [3.8, 4) is 11.5 Å². The van der Waals surface area contributed by atoms with Crippen LogP contribution < -0.4 is 0 Å². The van der Waals surface area contributed by atoms with Crippen LogP contribution in [-0.4, -0.2) is 17.0 Å². The first-order chi connectivity index (χ1) is 11.8. The number of hydrogen-bond acceptors (Lipinski definition) is 3. The van der Waals surface area contributed by atoms with Crippen molar-refractivity contribution in [2.45, 2.75) is 0 Å². The van der Waals surface area contributed by atoms with Crippen molar-refractivity contribution in [1.82, 2.24) is 0 Å². The Bertz CT molecular complexity index is 844. The molecule has 120 valence electrons. The molecule has 0 unspecified atom stereocenters. The molecule has 4 aromatic carbocycles. The van der Waals surface area contributed by atoms with E-state index in [1.165, 1.54) is 0 Å². The molecule has 24 heavy (non-hydrogen) atoms. The van der Waals surface area contributed by atoms with Gasteiger partial charge in [0.15, 0.2) is 0 Å². The van der Waals surface area contributed by atoms with Crippen molar-refractivity contribution in [2.75, 3.05) is 0 Å². The molecule has 0 atom stereocenters. The topological polar surface area (TPSA) is 57.5 Å². The van der Waals surface area contributed by atoms with Crippen molar-refractivity contribution in [2.24, 2.45) is 0 Å². The number of carbonyl (C=O) groups is 1. The average Bonchev–Trinajstić information content (AvgIpc) is 2.65. The van der Waals surface area contributed by atoms with Gasteiger partial charge in [-0.2, -0.15) is 0 Å². The molecule has 0 saturated carbocycles. The first kappa shape index (κ1) is 17.0. The maximum Gasteiger partial charge on any atom is 0.123 e.